The molecule has 0 amide bonds. The molecular formula is C15H19N3O2S. The van der Waals surface area contributed by atoms with Gasteiger partial charge >= 0.3 is 0 Å². The summed E-state index contributed by atoms with van der Waals surface area (Å²) in [5, 5.41) is 8.44. The van der Waals surface area contributed by atoms with Gasteiger partial charge in [-0.25, -0.2) is 13.6 Å². The molecule has 21 heavy (non-hydrogen) atoms. The van der Waals surface area contributed by atoms with E-state index in [9.17, 15) is 8.42 Å². The monoisotopic (exact) mass is 305 g/mol. The Morgan fingerprint density at radius 2 is 1.86 bits per heavy atom. The molecule has 2 aromatic rings. The molecule has 1 aromatic carbocycles. The molecule has 0 spiro atoms. The highest BCUT2D eigenvalue weighted by atomic mass is 32.2. The molecule has 0 saturated carbocycles. The molecule has 0 fully saturated rings. The molecule has 0 bridgehead atoms. The highest BCUT2D eigenvalue weighted by molar-refractivity contribution is 7.89. The van der Waals surface area contributed by atoms with Crippen molar-refractivity contribution in [2.24, 2.45) is 5.14 Å². The van der Waals surface area contributed by atoms with Crippen molar-refractivity contribution in [3.8, 4) is 0 Å². The lowest BCUT2D eigenvalue weighted by atomic mass is 10.1. The van der Waals surface area contributed by atoms with E-state index in [-0.39, 0.29) is 10.9 Å². The maximum absolute atomic E-state index is 11.2. The molecule has 1 aromatic heterocycles. The summed E-state index contributed by atoms with van der Waals surface area (Å²) in [7, 11) is -3.64. The van der Waals surface area contributed by atoms with Crippen molar-refractivity contribution in [2.45, 2.75) is 31.3 Å². The van der Waals surface area contributed by atoms with Gasteiger partial charge in [-0.15, -0.1) is 0 Å². The van der Waals surface area contributed by atoms with Gasteiger partial charge in [-0.3, -0.25) is 4.98 Å². The average Bonchev–Trinajstić information content (AvgIpc) is 2.44. The first-order valence-electron chi connectivity index (χ1n) is 6.65. The van der Waals surface area contributed by atoms with Crippen LogP contribution < -0.4 is 10.5 Å². The van der Waals surface area contributed by atoms with Gasteiger partial charge in [-0.05, 0) is 43.7 Å². The fraction of sp³-hybridized carbons (Fsp3) is 0.267. The van der Waals surface area contributed by atoms with E-state index >= 15 is 0 Å². The number of hydrogen-bond acceptors (Lipinski definition) is 4. The zero-order valence-corrected chi connectivity index (χ0v) is 12.9. The van der Waals surface area contributed by atoms with Crippen LogP contribution in [0.25, 0.3) is 0 Å². The number of benzene rings is 1. The van der Waals surface area contributed by atoms with E-state index in [1.807, 2.05) is 32.0 Å². The Bertz CT molecular complexity index is 712. The van der Waals surface area contributed by atoms with Gasteiger partial charge in [-0.2, -0.15) is 0 Å². The van der Waals surface area contributed by atoms with E-state index < -0.39 is 10.0 Å². The SMILES string of the molecule is Cc1cccc(CNC(C)c2ccc(S(N)(=O)=O)cc2)n1. The predicted octanol–water partition coefficient (Wildman–Crippen LogP) is 1.89. The molecule has 0 aliphatic carbocycles. The second-order valence-electron chi connectivity index (χ2n) is 4.99. The van der Waals surface area contributed by atoms with Gasteiger partial charge in [0.25, 0.3) is 0 Å². The smallest absolute Gasteiger partial charge is 0.238 e. The van der Waals surface area contributed by atoms with Crippen LogP contribution in [-0.4, -0.2) is 13.4 Å². The lowest BCUT2D eigenvalue weighted by Crippen LogP contribution is -2.19. The van der Waals surface area contributed by atoms with E-state index in [0.717, 1.165) is 17.0 Å². The Labute approximate surface area is 125 Å². The van der Waals surface area contributed by atoms with Crippen LogP contribution in [0.1, 0.15) is 29.9 Å². The third-order valence-electron chi connectivity index (χ3n) is 3.24. The van der Waals surface area contributed by atoms with Gasteiger partial charge in [0.05, 0.1) is 10.6 Å². The van der Waals surface area contributed by atoms with Crippen LogP contribution in [0.2, 0.25) is 0 Å². The highest BCUT2D eigenvalue weighted by Gasteiger charge is 2.09. The number of nitrogens with zero attached hydrogens (tertiary/aromatic N) is 1. The molecule has 0 aliphatic heterocycles. The quantitative estimate of drug-likeness (QED) is 0.883. The molecule has 0 saturated heterocycles. The number of aryl methyl sites for hydroxylation is 1. The zero-order chi connectivity index (χ0) is 15.5. The Kier molecular flexibility index (Phi) is 4.72. The first-order valence-corrected chi connectivity index (χ1v) is 8.19. The van der Waals surface area contributed by atoms with Crippen LogP contribution in [0.5, 0.6) is 0 Å². The fourth-order valence-electron chi connectivity index (χ4n) is 2.02. The Morgan fingerprint density at radius 3 is 2.43 bits per heavy atom. The second-order valence-corrected chi connectivity index (χ2v) is 6.55. The number of rotatable bonds is 5. The number of pyridine rings is 1. The number of aromatic nitrogens is 1. The van der Waals surface area contributed by atoms with Crippen LogP contribution in [0.3, 0.4) is 0 Å². The normalized spacial score (nSPS) is 13.1. The Morgan fingerprint density at radius 1 is 1.19 bits per heavy atom. The van der Waals surface area contributed by atoms with Crippen molar-refractivity contribution in [1.29, 1.82) is 0 Å². The van der Waals surface area contributed by atoms with Crippen LogP contribution in [0.15, 0.2) is 47.4 Å². The van der Waals surface area contributed by atoms with Crippen molar-refractivity contribution in [3.05, 3.63) is 59.4 Å². The summed E-state index contributed by atoms with van der Waals surface area (Å²) < 4.78 is 22.4. The fourth-order valence-corrected chi connectivity index (χ4v) is 2.54. The molecule has 6 heteroatoms. The van der Waals surface area contributed by atoms with Crippen molar-refractivity contribution in [2.75, 3.05) is 0 Å². The number of primary sulfonamides is 1. The van der Waals surface area contributed by atoms with Gasteiger partial charge in [0.2, 0.25) is 10.0 Å². The summed E-state index contributed by atoms with van der Waals surface area (Å²) in [4.78, 5) is 4.55. The number of nitrogens with two attached hydrogens (primary N) is 1. The molecule has 112 valence electrons. The van der Waals surface area contributed by atoms with E-state index in [1.54, 1.807) is 12.1 Å². The van der Waals surface area contributed by atoms with Crippen LogP contribution in [-0.2, 0) is 16.6 Å². The molecular weight excluding hydrogens is 286 g/mol. The zero-order valence-electron chi connectivity index (χ0n) is 12.1. The molecule has 0 radical (unpaired) electrons. The largest absolute Gasteiger partial charge is 0.305 e. The van der Waals surface area contributed by atoms with Crippen LogP contribution in [0.4, 0.5) is 0 Å². The summed E-state index contributed by atoms with van der Waals surface area (Å²) >= 11 is 0. The summed E-state index contributed by atoms with van der Waals surface area (Å²) in [5.41, 5.74) is 2.96. The van der Waals surface area contributed by atoms with Crippen molar-refractivity contribution < 1.29 is 8.42 Å². The van der Waals surface area contributed by atoms with Gasteiger partial charge in [-0.1, -0.05) is 18.2 Å². The summed E-state index contributed by atoms with van der Waals surface area (Å²) in [6.45, 7) is 4.63. The van der Waals surface area contributed by atoms with Crippen LogP contribution >= 0.6 is 0 Å². The third kappa shape index (κ3) is 4.35. The Balaban J connectivity index is 2.02. The van der Waals surface area contributed by atoms with E-state index in [0.29, 0.717) is 6.54 Å². The van der Waals surface area contributed by atoms with E-state index in [4.69, 9.17) is 5.14 Å². The minimum Gasteiger partial charge on any atom is -0.305 e. The lowest BCUT2D eigenvalue weighted by molar-refractivity contribution is 0.566. The van der Waals surface area contributed by atoms with Gasteiger partial charge in [0, 0.05) is 18.3 Å². The number of sulfonamides is 1. The van der Waals surface area contributed by atoms with Crippen molar-refractivity contribution >= 4 is 10.0 Å². The summed E-state index contributed by atoms with van der Waals surface area (Å²) in [6.07, 6.45) is 0. The van der Waals surface area contributed by atoms with E-state index in [1.165, 1.54) is 12.1 Å². The Hall–Kier alpha value is -1.76. The first kappa shape index (κ1) is 15.6. The average molecular weight is 305 g/mol. The predicted molar refractivity (Wildman–Crippen MR) is 82.0 cm³/mol. The van der Waals surface area contributed by atoms with Crippen molar-refractivity contribution in [1.82, 2.24) is 10.3 Å². The summed E-state index contributed by atoms with van der Waals surface area (Å²) in [6, 6.07) is 12.6. The maximum atomic E-state index is 11.2. The summed E-state index contributed by atoms with van der Waals surface area (Å²) in [5.74, 6) is 0. The molecule has 3 N–H and O–H groups in total. The number of nitrogens with one attached hydrogen (secondary N) is 1. The molecule has 2 rings (SSSR count). The van der Waals surface area contributed by atoms with Gasteiger partial charge < -0.3 is 5.32 Å². The van der Waals surface area contributed by atoms with Gasteiger partial charge in [0.15, 0.2) is 0 Å². The minimum atomic E-state index is -3.64. The standard InChI is InChI=1S/C15H19N3O2S/c1-11-4-3-5-14(18-11)10-17-12(2)13-6-8-15(9-7-13)21(16,19)20/h3-9,12,17H,10H2,1-2H3,(H2,16,19,20). The topological polar surface area (TPSA) is 85.1 Å². The lowest BCUT2D eigenvalue weighted by Gasteiger charge is -2.14. The highest BCUT2D eigenvalue weighted by Crippen LogP contribution is 2.15. The molecule has 1 heterocycles. The van der Waals surface area contributed by atoms with E-state index in [2.05, 4.69) is 10.3 Å². The third-order valence-corrected chi connectivity index (χ3v) is 4.17. The first-order chi connectivity index (χ1) is 9.86. The number of hydrogen-bond donors (Lipinski definition) is 2. The molecule has 1 atom stereocenters. The van der Waals surface area contributed by atoms with Crippen molar-refractivity contribution in [3.63, 3.8) is 0 Å². The molecule has 5 nitrogen and oxygen atoms in total. The minimum absolute atomic E-state index is 0.0850. The van der Waals surface area contributed by atoms with Gasteiger partial charge in [0.1, 0.15) is 0 Å². The maximum Gasteiger partial charge on any atom is 0.238 e. The molecule has 1 unspecified atom stereocenters. The molecule has 0 aliphatic rings. The second kappa shape index (κ2) is 6.34. The van der Waals surface area contributed by atoms with Crippen LogP contribution in [0, 0.1) is 6.92 Å².